The third kappa shape index (κ3) is 2.30. The van der Waals surface area contributed by atoms with Crippen LogP contribution >= 0.6 is 0 Å². The average Bonchev–Trinajstić information content (AvgIpc) is 2.40. The van der Waals surface area contributed by atoms with Crippen LogP contribution in [-0.2, 0) is 0 Å². The van der Waals surface area contributed by atoms with Crippen LogP contribution in [0.2, 0.25) is 0 Å². The van der Waals surface area contributed by atoms with Crippen molar-refractivity contribution in [1.29, 1.82) is 5.26 Å². The van der Waals surface area contributed by atoms with Gasteiger partial charge in [0.1, 0.15) is 17.6 Å². The van der Waals surface area contributed by atoms with Crippen molar-refractivity contribution in [1.82, 2.24) is 9.97 Å². The summed E-state index contributed by atoms with van der Waals surface area (Å²) >= 11 is 0. The normalized spacial score (nSPS) is 9.89. The maximum atomic E-state index is 8.98. The summed E-state index contributed by atoms with van der Waals surface area (Å²) < 4.78 is 0. The molecule has 4 nitrogen and oxygen atoms in total. The molecule has 0 saturated carbocycles. The Morgan fingerprint density at radius 1 is 1.17 bits per heavy atom. The van der Waals surface area contributed by atoms with Crippen LogP contribution < -0.4 is 5.32 Å². The van der Waals surface area contributed by atoms with Crippen molar-refractivity contribution in [2.24, 2.45) is 0 Å². The molecule has 90 valence electrons. The van der Waals surface area contributed by atoms with Crippen LogP contribution in [0.15, 0.2) is 24.3 Å². The van der Waals surface area contributed by atoms with Crippen LogP contribution in [-0.4, -0.2) is 17.0 Å². The summed E-state index contributed by atoms with van der Waals surface area (Å²) in [5, 5.41) is 11.9. The van der Waals surface area contributed by atoms with Gasteiger partial charge < -0.3 is 5.32 Å². The Morgan fingerprint density at radius 3 is 2.61 bits per heavy atom. The molecule has 0 radical (unpaired) electrons. The number of nitrogens with one attached hydrogen (secondary N) is 1. The lowest BCUT2D eigenvalue weighted by molar-refractivity contribution is 1.13. The topological polar surface area (TPSA) is 61.6 Å². The zero-order valence-corrected chi connectivity index (χ0v) is 10.7. The Kier molecular flexibility index (Phi) is 3.24. The largest absolute Gasteiger partial charge is 0.373 e. The van der Waals surface area contributed by atoms with Gasteiger partial charge in [-0.05, 0) is 25.5 Å². The molecule has 2 aromatic rings. The first-order valence-electron chi connectivity index (χ1n) is 5.68. The molecule has 4 heteroatoms. The van der Waals surface area contributed by atoms with E-state index >= 15 is 0 Å². The number of aromatic nitrogens is 2. The molecule has 1 aromatic heterocycles. The van der Waals surface area contributed by atoms with E-state index in [1.807, 2.05) is 32.0 Å². The third-order valence-corrected chi connectivity index (χ3v) is 2.73. The van der Waals surface area contributed by atoms with E-state index in [1.165, 1.54) is 0 Å². The minimum Gasteiger partial charge on any atom is -0.373 e. The number of anilines is 1. The lowest BCUT2D eigenvalue weighted by Crippen LogP contribution is -2.00. The molecule has 0 saturated heterocycles. The first-order chi connectivity index (χ1) is 8.63. The van der Waals surface area contributed by atoms with E-state index in [1.54, 1.807) is 13.1 Å². The maximum absolute atomic E-state index is 8.98. The van der Waals surface area contributed by atoms with E-state index < -0.39 is 0 Å². The van der Waals surface area contributed by atoms with Crippen LogP contribution in [0, 0.1) is 25.2 Å². The highest BCUT2D eigenvalue weighted by Gasteiger charge is 2.08. The predicted molar refractivity (Wildman–Crippen MR) is 71.2 cm³/mol. The molecule has 0 unspecified atom stereocenters. The van der Waals surface area contributed by atoms with Gasteiger partial charge in [0.05, 0.1) is 0 Å². The van der Waals surface area contributed by atoms with Crippen LogP contribution in [0.4, 0.5) is 5.82 Å². The Hall–Kier alpha value is -2.41. The van der Waals surface area contributed by atoms with Gasteiger partial charge in [0.15, 0.2) is 5.82 Å². The summed E-state index contributed by atoms with van der Waals surface area (Å²) in [5.74, 6) is 1.23. The molecule has 0 fully saturated rings. The fourth-order valence-corrected chi connectivity index (χ4v) is 1.73. The van der Waals surface area contributed by atoms with Gasteiger partial charge in [-0.1, -0.05) is 17.7 Å². The molecule has 0 bridgehead atoms. The second kappa shape index (κ2) is 4.84. The van der Waals surface area contributed by atoms with Crippen molar-refractivity contribution in [3.05, 3.63) is 41.1 Å². The van der Waals surface area contributed by atoms with Crippen LogP contribution in [0.5, 0.6) is 0 Å². The molecule has 1 N–H and O–H groups in total. The fraction of sp³-hybridized carbons (Fsp3) is 0.214. The standard InChI is InChI=1S/C14H14N4/c1-9-4-5-10(2)12(6-9)14-17-11(8-15)7-13(16-3)18-14/h4-7H,1-3H3,(H,16,17,18). The Balaban J connectivity index is 2.63. The highest BCUT2D eigenvalue weighted by molar-refractivity contribution is 5.63. The monoisotopic (exact) mass is 238 g/mol. The van der Waals surface area contributed by atoms with Crippen molar-refractivity contribution in [2.75, 3.05) is 12.4 Å². The first kappa shape index (κ1) is 12.1. The van der Waals surface area contributed by atoms with Crippen LogP contribution in [0.3, 0.4) is 0 Å². The second-order valence-electron chi connectivity index (χ2n) is 4.14. The quantitative estimate of drug-likeness (QED) is 0.873. The molecule has 1 heterocycles. The fourth-order valence-electron chi connectivity index (χ4n) is 1.73. The minimum atomic E-state index is 0.366. The van der Waals surface area contributed by atoms with E-state index in [4.69, 9.17) is 5.26 Å². The number of rotatable bonds is 2. The van der Waals surface area contributed by atoms with Gasteiger partial charge in [-0.25, -0.2) is 9.97 Å². The SMILES string of the molecule is CNc1cc(C#N)nc(-c2cc(C)ccc2C)n1. The first-order valence-corrected chi connectivity index (χ1v) is 5.68. The number of hydrogen-bond donors (Lipinski definition) is 1. The minimum absolute atomic E-state index is 0.366. The molecule has 0 spiro atoms. The van der Waals surface area contributed by atoms with Gasteiger partial charge in [-0.15, -0.1) is 0 Å². The average molecular weight is 238 g/mol. The summed E-state index contributed by atoms with van der Waals surface area (Å²) in [5.41, 5.74) is 3.57. The van der Waals surface area contributed by atoms with Crippen molar-refractivity contribution < 1.29 is 0 Å². The number of nitrogens with zero attached hydrogens (tertiary/aromatic N) is 3. The molecule has 0 amide bonds. The molecular weight excluding hydrogens is 224 g/mol. The van der Waals surface area contributed by atoms with Gasteiger partial charge in [-0.2, -0.15) is 5.26 Å². The summed E-state index contributed by atoms with van der Waals surface area (Å²) in [4.78, 5) is 8.66. The zero-order valence-electron chi connectivity index (χ0n) is 10.7. The summed E-state index contributed by atoms with van der Waals surface area (Å²) in [6, 6.07) is 9.80. The predicted octanol–water partition coefficient (Wildman–Crippen LogP) is 2.67. The lowest BCUT2D eigenvalue weighted by atomic mass is 10.1. The summed E-state index contributed by atoms with van der Waals surface area (Å²) in [7, 11) is 1.77. The van der Waals surface area contributed by atoms with Crippen molar-refractivity contribution >= 4 is 5.82 Å². The van der Waals surface area contributed by atoms with Crippen molar-refractivity contribution in [2.45, 2.75) is 13.8 Å². The summed E-state index contributed by atoms with van der Waals surface area (Å²) in [6.45, 7) is 4.03. The number of aryl methyl sites for hydroxylation is 2. The maximum Gasteiger partial charge on any atom is 0.163 e. The highest BCUT2D eigenvalue weighted by atomic mass is 15.0. The van der Waals surface area contributed by atoms with Gasteiger partial charge in [0.2, 0.25) is 0 Å². The Bertz CT molecular complexity index is 626. The molecule has 0 atom stereocenters. The van der Waals surface area contributed by atoms with Gasteiger partial charge in [0.25, 0.3) is 0 Å². The number of nitriles is 1. The Labute approximate surface area is 106 Å². The van der Waals surface area contributed by atoms with Crippen molar-refractivity contribution in [3.8, 4) is 17.5 Å². The van der Waals surface area contributed by atoms with Crippen molar-refractivity contribution in [3.63, 3.8) is 0 Å². The van der Waals surface area contributed by atoms with E-state index in [0.717, 1.165) is 16.7 Å². The van der Waals surface area contributed by atoms with E-state index in [9.17, 15) is 0 Å². The lowest BCUT2D eigenvalue weighted by Gasteiger charge is -2.08. The number of benzene rings is 1. The number of hydrogen-bond acceptors (Lipinski definition) is 4. The molecule has 0 aliphatic carbocycles. The van der Waals surface area contributed by atoms with Crippen LogP contribution in [0.1, 0.15) is 16.8 Å². The van der Waals surface area contributed by atoms with Crippen LogP contribution in [0.25, 0.3) is 11.4 Å². The van der Waals surface area contributed by atoms with Gasteiger partial charge in [0, 0.05) is 18.7 Å². The van der Waals surface area contributed by atoms with Gasteiger partial charge >= 0.3 is 0 Å². The van der Waals surface area contributed by atoms with E-state index in [-0.39, 0.29) is 0 Å². The molecular formula is C14H14N4. The molecule has 0 aliphatic heterocycles. The second-order valence-corrected chi connectivity index (χ2v) is 4.14. The summed E-state index contributed by atoms with van der Waals surface area (Å²) in [6.07, 6.45) is 0. The van der Waals surface area contributed by atoms with Gasteiger partial charge in [-0.3, -0.25) is 0 Å². The third-order valence-electron chi connectivity index (χ3n) is 2.73. The zero-order chi connectivity index (χ0) is 13.1. The molecule has 18 heavy (non-hydrogen) atoms. The highest BCUT2D eigenvalue weighted by Crippen LogP contribution is 2.22. The molecule has 0 aliphatic rings. The molecule has 2 rings (SSSR count). The molecule has 1 aromatic carbocycles. The Morgan fingerprint density at radius 2 is 1.94 bits per heavy atom. The van der Waals surface area contributed by atoms with E-state index in [2.05, 4.69) is 21.4 Å². The van der Waals surface area contributed by atoms with E-state index in [0.29, 0.717) is 17.3 Å². The smallest absolute Gasteiger partial charge is 0.163 e.